The topological polar surface area (TPSA) is 109 Å². The monoisotopic (exact) mass is 590 g/mol. The van der Waals surface area contributed by atoms with Gasteiger partial charge in [-0.25, -0.2) is 19.7 Å². The second kappa shape index (κ2) is 10.9. The summed E-state index contributed by atoms with van der Waals surface area (Å²) in [4.78, 5) is 38.6. The SMILES string of the molecule is Cc1ncc2cc(-c3c(Cl)ccc(NC(=O)c4cccc(C(F)(F)F)c4)c3Cl)c(NC(=O)NC(C)(C)C)nc2n1. The van der Waals surface area contributed by atoms with Gasteiger partial charge in [0.05, 0.1) is 21.3 Å². The molecule has 2 heterocycles. The fourth-order valence-electron chi connectivity index (χ4n) is 3.74. The van der Waals surface area contributed by atoms with Crippen LogP contribution in [0, 0.1) is 6.92 Å². The number of pyridine rings is 1. The van der Waals surface area contributed by atoms with Crippen molar-refractivity contribution in [2.45, 2.75) is 39.4 Å². The molecule has 4 aromatic rings. The number of rotatable bonds is 4. The molecule has 0 radical (unpaired) electrons. The quantitative estimate of drug-likeness (QED) is 0.228. The number of alkyl halides is 3. The van der Waals surface area contributed by atoms with E-state index in [1.807, 2.05) is 20.8 Å². The molecule has 2 aromatic carbocycles. The van der Waals surface area contributed by atoms with E-state index < -0.39 is 29.2 Å². The van der Waals surface area contributed by atoms with E-state index in [1.165, 1.54) is 18.2 Å². The van der Waals surface area contributed by atoms with Gasteiger partial charge in [0.15, 0.2) is 5.65 Å². The molecule has 0 saturated carbocycles. The third-order valence-electron chi connectivity index (χ3n) is 5.47. The lowest BCUT2D eigenvalue weighted by atomic mass is 10.0. The Bertz CT molecular complexity index is 1640. The summed E-state index contributed by atoms with van der Waals surface area (Å²) in [7, 11) is 0. The number of nitrogens with zero attached hydrogens (tertiary/aromatic N) is 3. The molecule has 13 heteroatoms. The normalized spacial score (nSPS) is 11.8. The minimum absolute atomic E-state index is 0.0266. The lowest BCUT2D eigenvalue weighted by molar-refractivity contribution is -0.137. The number of benzene rings is 2. The number of hydrogen-bond donors (Lipinski definition) is 3. The van der Waals surface area contributed by atoms with Gasteiger partial charge in [-0.15, -0.1) is 0 Å². The molecule has 0 aliphatic carbocycles. The fraction of sp³-hybridized carbons (Fsp3) is 0.222. The average molecular weight is 591 g/mol. The summed E-state index contributed by atoms with van der Waals surface area (Å²) in [6.07, 6.45) is -3.07. The summed E-state index contributed by atoms with van der Waals surface area (Å²) in [5.74, 6) is -0.268. The van der Waals surface area contributed by atoms with Crippen LogP contribution in [0.5, 0.6) is 0 Å². The molecule has 0 fully saturated rings. The van der Waals surface area contributed by atoms with Crippen molar-refractivity contribution in [1.82, 2.24) is 20.3 Å². The molecule has 0 spiro atoms. The largest absolute Gasteiger partial charge is 0.416 e. The predicted molar refractivity (Wildman–Crippen MR) is 149 cm³/mol. The molecule has 8 nitrogen and oxygen atoms in total. The number of amides is 3. The maximum Gasteiger partial charge on any atom is 0.416 e. The maximum atomic E-state index is 13.1. The highest BCUT2D eigenvalue weighted by Gasteiger charge is 2.31. The number of fused-ring (bicyclic) bond motifs is 1. The first-order chi connectivity index (χ1) is 18.6. The summed E-state index contributed by atoms with van der Waals surface area (Å²) in [5, 5.41) is 8.68. The lowest BCUT2D eigenvalue weighted by Gasteiger charge is -2.22. The molecule has 0 atom stereocenters. The van der Waals surface area contributed by atoms with Crippen LogP contribution in [0.4, 0.5) is 29.5 Å². The number of hydrogen-bond acceptors (Lipinski definition) is 5. The van der Waals surface area contributed by atoms with E-state index in [-0.39, 0.29) is 32.7 Å². The van der Waals surface area contributed by atoms with Crippen molar-refractivity contribution in [3.8, 4) is 11.1 Å². The molecule has 3 N–H and O–H groups in total. The van der Waals surface area contributed by atoms with Gasteiger partial charge in [-0.1, -0.05) is 29.3 Å². The number of nitrogens with one attached hydrogen (secondary N) is 3. The number of carbonyl (C=O) groups excluding carboxylic acids is 2. The van der Waals surface area contributed by atoms with Crippen LogP contribution in [0.3, 0.4) is 0 Å². The van der Waals surface area contributed by atoms with E-state index >= 15 is 0 Å². The highest BCUT2D eigenvalue weighted by molar-refractivity contribution is 6.41. The Balaban J connectivity index is 1.79. The zero-order chi connectivity index (χ0) is 29.4. The molecule has 0 unspecified atom stereocenters. The highest BCUT2D eigenvalue weighted by Crippen LogP contribution is 2.43. The minimum Gasteiger partial charge on any atom is -0.333 e. The first-order valence-electron chi connectivity index (χ1n) is 11.8. The molecular weight excluding hydrogens is 568 g/mol. The molecule has 0 saturated heterocycles. The smallest absolute Gasteiger partial charge is 0.333 e. The zero-order valence-corrected chi connectivity index (χ0v) is 23.2. The van der Waals surface area contributed by atoms with Crippen molar-refractivity contribution in [3.05, 3.63) is 75.7 Å². The van der Waals surface area contributed by atoms with Crippen LogP contribution in [0.2, 0.25) is 10.0 Å². The van der Waals surface area contributed by atoms with Gasteiger partial charge in [0.2, 0.25) is 0 Å². The summed E-state index contributed by atoms with van der Waals surface area (Å²) < 4.78 is 39.4. The molecule has 4 rings (SSSR count). The number of anilines is 2. The summed E-state index contributed by atoms with van der Waals surface area (Å²) in [5.41, 5.74) is -0.837. The summed E-state index contributed by atoms with van der Waals surface area (Å²) in [6, 6.07) is 7.96. The van der Waals surface area contributed by atoms with E-state index in [1.54, 1.807) is 19.2 Å². The van der Waals surface area contributed by atoms with E-state index in [9.17, 15) is 22.8 Å². The minimum atomic E-state index is -4.62. The Morgan fingerprint density at radius 3 is 2.35 bits per heavy atom. The fourth-order valence-corrected chi connectivity index (χ4v) is 4.36. The van der Waals surface area contributed by atoms with Crippen LogP contribution in [0.15, 0.2) is 48.7 Å². The predicted octanol–water partition coefficient (Wildman–Crippen LogP) is 7.50. The zero-order valence-electron chi connectivity index (χ0n) is 21.7. The second-order valence-electron chi connectivity index (χ2n) is 9.86. The van der Waals surface area contributed by atoms with Gasteiger partial charge in [0.1, 0.15) is 11.6 Å². The first kappa shape index (κ1) is 29.0. The van der Waals surface area contributed by atoms with Gasteiger partial charge in [-0.05, 0) is 64.1 Å². The first-order valence-corrected chi connectivity index (χ1v) is 12.6. The number of aromatic nitrogens is 3. The third-order valence-corrected chi connectivity index (χ3v) is 6.18. The Labute approximate surface area is 237 Å². The van der Waals surface area contributed by atoms with E-state index in [0.717, 1.165) is 18.2 Å². The number of aryl methyl sites for hydroxylation is 1. The van der Waals surface area contributed by atoms with Crippen LogP contribution >= 0.6 is 23.2 Å². The average Bonchev–Trinajstić information content (AvgIpc) is 2.84. The lowest BCUT2D eigenvalue weighted by Crippen LogP contribution is -2.43. The maximum absolute atomic E-state index is 13.1. The molecule has 0 bridgehead atoms. The molecule has 3 amide bonds. The summed E-state index contributed by atoms with van der Waals surface area (Å²) >= 11 is 13.3. The Kier molecular flexibility index (Phi) is 7.91. The van der Waals surface area contributed by atoms with Crippen LogP contribution in [-0.2, 0) is 6.18 Å². The summed E-state index contributed by atoms with van der Waals surface area (Å²) in [6.45, 7) is 7.12. The van der Waals surface area contributed by atoms with Crippen molar-refractivity contribution in [2.75, 3.05) is 10.6 Å². The Hall–Kier alpha value is -3.96. The van der Waals surface area contributed by atoms with Crippen molar-refractivity contribution < 1.29 is 22.8 Å². The Morgan fingerprint density at radius 1 is 0.950 bits per heavy atom. The van der Waals surface area contributed by atoms with Crippen molar-refractivity contribution in [1.29, 1.82) is 0 Å². The number of carbonyl (C=O) groups is 2. The van der Waals surface area contributed by atoms with E-state index in [0.29, 0.717) is 22.4 Å². The second-order valence-corrected chi connectivity index (χ2v) is 10.6. The molecule has 208 valence electrons. The van der Waals surface area contributed by atoms with Gasteiger partial charge in [-0.3, -0.25) is 10.1 Å². The molecule has 40 heavy (non-hydrogen) atoms. The Morgan fingerprint density at radius 2 is 1.68 bits per heavy atom. The van der Waals surface area contributed by atoms with Gasteiger partial charge in [0, 0.05) is 33.8 Å². The van der Waals surface area contributed by atoms with E-state index in [4.69, 9.17) is 23.2 Å². The van der Waals surface area contributed by atoms with Gasteiger partial charge < -0.3 is 10.6 Å². The molecule has 0 aliphatic rings. The molecular formula is C27H23Cl2F3N6O2. The van der Waals surface area contributed by atoms with Crippen LogP contribution in [0.25, 0.3) is 22.2 Å². The standard InChI is InChI=1S/C27H23Cl2F3N6O2/c1-13-33-12-15-11-17(23(36-22(15)34-13)37-25(40)38-26(2,3)4)20-18(28)8-9-19(21(20)29)35-24(39)14-6-5-7-16(10-14)27(30,31)32/h5-12H,1-4H3,(H,35,39)(H2,33,34,36,37,38,40). The van der Waals surface area contributed by atoms with Gasteiger partial charge in [-0.2, -0.15) is 13.2 Å². The van der Waals surface area contributed by atoms with Crippen molar-refractivity contribution in [3.63, 3.8) is 0 Å². The van der Waals surface area contributed by atoms with Crippen LogP contribution < -0.4 is 16.0 Å². The molecule has 2 aromatic heterocycles. The van der Waals surface area contributed by atoms with Crippen molar-refractivity contribution in [2.24, 2.45) is 0 Å². The van der Waals surface area contributed by atoms with Crippen molar-refractivity contribution >= 4 is 57.7 Å². The highest BCUT2D eigenvalue weighted by atomic mass is 35.5. The number of urea groups is 1. The van der Waals surface area contributed by atoms with Crippen LogP contribution in [-0.4, -0.2) is 32.4 Å². The number of halogens is 5. The third kappa shape index (κ3) is 6.60. The van der Waals surface area contributed by atoms with Crippen LogP contribution in [0.1, 0.15) is 42.5 Å². The molecule has 0 aliphatic heterocycles. The van der Waals surface area contributed by atoms with Gasteiger partial charge in [0.25, 0.3) is 5.91 Å². The van der Waals surface area contributed by atoms with Gasteiger partial charge >= 0.3 is 12.2 Å². The van der Waals surface area contributed by atoms with E-state index in [2.05, 4.69) is 30.9 Å².